The number of hydrogen-bond donors (Lipinski definition) is 0. The second-order valence-corrected chi connectivity index (χ2v) is 7.94. The number of fused-ring (bicyclic) bond motifs is 1. The molecular formula is C21H22BrN3O2. The SMILES string of the molecule is Cc1ccc2c(CC(=O)N3CCN(c4ccc(Br)cn4)CC3)coc2c1C. The van der Waals surface area contributed by atoms with Crippen molar-refractivity contribution in [1.29, 1.82) is 0 Å². The van der Waals surface area contributed by atoms with E-state index in [0.717, 1.165) is 45.5 Å². The van der Waals surface area contributed by atoms with Crippen molar-refractivity contribution in [3.63, 3.8) is 0 Å². The fourth-order valence-electron chi connectivity index (χ4n) is 3.54. The summed E-state index contributed by atoms with van der Waals surface area (Å²) in [6, 6.07) is 8.14. The van der Waals surface area contributed by atoms with Crippen LogP contribution < -0.4 is 4.90 Å². The van der Waals surface area contributed by atoms with Gasteiger partial charge in [-0.15, -0.1) is 0 Å². The van der Waals surface area contributed by atoms with Crippen molar-refractivity contribution in [3.8, 4) is 0 Å². The second kappa shape index (κ2) is 7.35. The fourth-order valence-corrected chi connectivity index (χ4v) is 3.77. The molecule has 0 N–H and O–H groups in total. The van der Waals surface area contributed by atoms with E-state index in [9.17, 15) is 4.79 Å². The molecule has 1 aliphatic heterocycles. The highest BCUT2D eigenvalue weighted by molar-refractivity contribution is 9.10. The van der Waals surface area contributed by atoms with E-state index in [1.54, 1.807) is 12.5 Å². The Kier molecular flexibility index (Phi) is 4.91. The average molecular weight is 428 g/mol. The van der Waals surface area contributed by atoms with Gasteiger partial charge in [-0.3, -0.25) is 4.79 Å². The van der Waals surface area contributed by atoms with Gasteiger partial charge in [-0.25, -0.2) is 4.98 Å². The molecule has 4 rings (SSSR count). The second-order valence-electron chi connectivity index (χ2n) is 7.02. The van der Waals surface area contributed by atoms with Crippen molar-refractivity contribution in [3.05, 3.63) is 57.9 Å². The molecule has 1 aliphatic rings. The predicted molar refractivity (Wildman–Crippen MR) is 110 cm³/mol. The first-order valence-electron chi connectivity index (χ1n) is 9.13. The number of carbonyl (C=O) groups is 1. The standard InChI is InChI=1S/C21H22BrN3O2/c1-14-3-5-18-16(13-27-21(18)15(14)2)11-20(26)25-9-7-24(8-10-25)19-6-4-17(22)12-23-19/h3-6,12-13H,7-11H2,1-2H3. The van der Waals surface area contributed by atoms with Gasteiger partial charge in [0.1, 0.15) is 11.4 Å². The summed E-state index contributed by atoms with van der Waals surface area (Å²) in [6.45, 7) is 7.15. The molecule has 0 aliphatic carbocycles. The van der Waals surface area contributed by atoms with Crippen LogP contribution in [0, 0.1) is 13.8 Å². The Morgan fingerprint density at radius 3 is 2.63 bits per heavy atom. The van der Waals surface area contributed by atoms with Crippen LogP contribution in [0.4, 0.5) is 5.82 Å². The minimum absolute atomic E-state index is 0.152. The van der Waals surface area contributed by atoms with Gasteiger partial charge in [0.25, 0.3) is 0 Å². The molecular weight excluding hydrogens is 406 g/mol. The first-order valence-corrected chi connectivity index (χ1v) is 9.93. The van der Waals surface area contributed by atoms with Crippen molar-refractivity contribution in [2.45, 2.75) is 20.3 Å². The number of aryl methyl sites for hydroxylation is 2. The summed E-state index contributed by atoms with van der Waals surface area (Å²) < 4.78 is 6.71. The molecule has 2 aromatic heterocycles. The van der Waals surface area contributed by atoms with Crippen LogP contribution in [0.3, 0.4) is 0 Å². The van der Waals surface area contributed by atoms with E-state index < -0.39 is 0 Å². The largest absolute Gasteiger partial charge is 0.464 e. The first kappa shape index (κ1) is 18.0. The number of benzene rings is 1. The molecule has 5 nitrogen and oxygen atoms in total. The van der Waals surface area contributed by atoms with Crippen LogP contribution in [-0.4, -0.2) is 42.0 Å². The van der Waals surface area contributed by atoms with Crippen molar-refractivity contribution in [2.24, 2.45) is 0 Å². The summed E-state index contributed by atoms with van der Waals surface area (Å²) in [7, 11) is 0. The lowest BCUT2D eigenvalue weighted by Crippen LogP contribution is -2.49. The highest BCUT2D eigenvalue weighted by atomic mass is 79.9. The molecule has 0 spiro atoms. The summed E-state index contributed by atoms with van der Waals surface area (Å²) >= 11 is 3.41. The molecule has 1 fully saturated rings. The van der Waals surface area contributed by atoms with Crippen LogP contribution in [0.2, 0.25) is 0 Å². The van der Waals surface area contributed by atoms with Crippen LogP contribution in [0.1, 0.15) is 16.7 Å². The number of anilines is 1. The van der Waals surface area contributed by atoms with Gasteiger partial charge in [-0.2, -0.15) is 0 Å². The molecule has 1 saturated heterocycles. The van der Waals surface area contributed by atoms with Gasteiger partial charge in [0.15, 0.2) is 0 Å². The van der Waals surface area contributed by atoms with Gasteiger partial charge in [-0.05, 0) is 53.0 Å². The number of furan rings is 1. The zero-order valence-corrected chi connectivity index (χ0v) is 17.1. The first-order chi connectivity index (χ1) is 13.0. The van der Waals surface area contributed by atoms with Crippen LogP contribution >= 0.6 is 15.9 Å². The number of pyridine rings is 1. The molecule has 27 heavy (non-hydrogen) atoms. The van der Waals surface area contributed by atoms with E-state index in [0.29, 0.717) is 19.5 Å². The van der Waals surface area contributed by atoms with Gasteiger partial charge in [0.2, 0.25) is 5.91 Å². The molecule has 1 aromatic carbocycles. The monoisotopic (exact) mass is 427 g/mol. The maximum absolute atomic E-state index is 12.8. The molecule has 3 heterocycles. The Bertz CT molecular complexity index is 973. The third kappa shape index (κ3) is 3.58. The molecule has 1 amide bonds. The van der Waals surface area contributed by atoms with E-state index in [4.69, 9.17) is 4.42 Å². The summed E-state index contributed by atoms with van der Waals surface area (Å²) in [5.74, 6) is 1.11. The molecule has 0 bridgehead atoms. The molecule has 0 saturated carbocycles. The van der Waals surface area contributed by atoms with E-state index >= 15 is 0 Å². The van der Waals surface area contributed by atoms with Gasteiger partial charge < -0.3 is 14.2 Å². The Hall–Kier alpha value is -2.34. The van der Waals surface area contributed by atoms with Crippen molar-refractivity contribution >= 4 is 38.6 Å². The Morgan fingerprint density at radius 2 is 1.93 bits per heavy atom. The van der Waals surface area contributed by atoms with Crippen molar-refractivity contribution < 1.29 is 9.21 Å². The predicted octanol–water partition coefficient (Wildman–Crippen LogP) is 4.10. The number of nitrogens with zero attached hydrogens (tertiary/aromatic N) is 3. The summed E-state index contributed by atoms with van der Waals surface area (Å²) in [6.07, 6.45) is 3.92. The Labute approximate surface area is 167 Å². The Morgan fingerprint density at radius 1 is 1.15 bits per heavy atom. The fraction of sp³-hybridized carbons (Fsp3) is 0.333. The van der Waals surface area contributed by atoms with Gasteiger partial charge in [0, 0.05) is 47.8 Å². The number of amides is 1. The molecule has 6 heteroatoms. The highest BCUT2D eigenvalue weighted by Gasteiger charge is 2.23. The maximum Gasteiger partial charge on any atom is 0.227 e. The van der Waals surface area contributed by atoms with Crippen LogP contribution in [0.25, 0.3) is 11.0 Å². The van der Waals surface area contributed by atoms with Gasteiger partial charge in [0.05, 0.1) is 12.7 Å². The zero-order valence-electron chi connectivity index (χ0n) is 15.5. The van der Waals surface area contributed by atoms with E-state index in [-0.39, 0.29) is 5.91 Å². The molecule has 3 aromatic rings. The number of piperazine rings is 1. The van der Waals surface area contributed by atoms with E-state index in [1.807, 2.05) is 17.0 Å². The molecule has 0 atom stereocenters. The summed E-state index contributed by atoms with van der Waals surface area (Å²) in [4.78, 5) is 21.4. The quantitative estimate of drug-likeness (QED) is 0.631. The Balaban J connectivity index is 1.41. The van der Waals surface area contributed by atoms with Crippen LogP contribution in [0.15, 0.2) is 45.6 Å². The number of halogens is 1. The third-order valence-electron chi connectivity index (χ3n) is 5.35. The topological polar surface area (TPSA) is 49.6 Å². The number of rotatable bonds is 3. The molecule has 0 radical (unpaired) electrons. The average Bonchev–Trinajstić information content (AvgIpc) is 3.09. The third-order valence-corrected chi connectivity index (χ3v) is 5.82. The number of hydrogen-bond acceptors (Lipinski definition) is 4. The maximum atomic E-state index is 12.8. The van der Waals surface area contributed by atoms with Crippen LogP contribution in [0.5, 0.6) is 0 Å². The van der Waals surface area contributed by atoms with Crippen LogP contribution in [-0.2, 0) is 11.2 Å². The lowest BCUT2D eigenvalue weighted by molar-refractivity contribution is -0.130. The normalized spacial score (nSPS) is 14.8. The van der Waals surface area contributed by atoms with Crippen molar-refractivity contribution in [2.75, 3.05) is 31.1 Å². The zero-order chi connectivity index (χ0) is 19.0. The van der Waals surface area contributed by atoms with Gasteiger partial charge in [-0.1, -0.05) is 12.1 Å². The number of aromatic nitrogens is 1. The lowest BCUT2D eigenvalue weighted by Gasteiger charge is -2.35. The molecule has 0 unspecified atom stereocenters. The lowest BCUT2D eigenvalue weighted by atomic mass is 10.0. The molecule has 140 valence electrons. The minimum atomic E-state index is 0.152. The van der Waals surface area contributed by atoms with E-state index in [2.05, 4.69) is 51.8 Å². The number of carbonyl (C=O) groups excluding carboxylic acids is 1. The minimum Gasteiger partial charge on any atom is -0.464 e. The van der Waals surface area contributed by atoms with Gasteiger partial charge >= 0.3 is 0 Å². The van der Waals surface area contributed by atoms with E-state index in [1.165, 1.54) is 5.56 Å². The van der Waals surface area contributed by atoms with Crippen molar-refractivity contribution in [1.82, 2.24) is 9.88 Å². The summed E-state index contributed by atoms with van der Waals surface area (Å²) in [5.41, 5.74) is 4.20. The summed E-state index contributed by atoms with van der Waals surface area (Å²) in [5, 5.41) is 1.05. The highest BCUT2D eigenvalue weighted by Crippen LogP contribution is 2.27. The smallest absolute Gasteiger partial charge is 0.227 e.